The van der Waals surface area contributed by atoms with Crippen molar-refractivity contribution in [2.75, 3.05) is 75.3 Å². The van der Waals surface area contributed by atoms with Crippen molar-refractivity contribution in [1.29, 1.82) is 0 Å². The molecule has 6 nitrogen and oxygen atoms in total. The maximum atomic E-state index is 8.29. The molecule has 0 aromatic heterocycles. The third-order valence-corrected chi connectivity index (χ3v) is 1.59. The number of nitrogens with zero attached hydrogens (tertiary/aromatic N) is 3. The van der Waals surface area contributed by atoms with Gasteiger partial charge in [-0.3, -0.25) is 4.90 Å². The molecule has 0 atom stereocenters. The van der Waals surface area contributed by atoms with Crippen LogP contribution in [0.15, 0.2) is 0 Å². The maximum Gasteiger partial charge on any atom is 0.0951 e. The van der Waals surface area contributed by atoms with Crippen molar-refractivity contribution in [2.24, 2.45) is 0 Å². The summed E-state index contributed by atoms with van der Waals surface area (Å²) in [4.78, 5) is 5.66. The summed E-state index contributed by atoms with van der Waals surface area (Å²) < 4.78 is 0. The summed E-state index contributed by atoms with van der Waals surface area (Å²) in [7, 11) is 11.5. The van der Waals surface area contributed by atoms with Crippen LogP contribution in [0, 0.1) is 0 Å². The van der Waals surface area contributed by atoms with Crippen LogP contribution in [0.4, 0.5) is 0 Å². The second-order valence-corrected chi connectivity index (χ2v) is 4.63. The number of aliphatic hydroxyl groups is 3. The van der Waals surface area contributed by atoms with E-state index in [1.54, 1.807) is 19.0 Å². The monoisotopic (exact) mass is 267 g/mol. The van der Waals surface area contributed by atoms with E-state index in [0.717, 1.165) is 19.5 Å². The SMILES string of the molecule is CN(C)CCCO.CN(C)CCO.CN(C)CO. The van der Waals surface area contributed by atoms with Crippen LogP contribution in [0.25, 0.3) is 0 Å². The van der Waals surface area contributed by atoms with Crippen molar-refractivity contribution in [3.05, 3.63) is 0 Å². The van der Waals surface area contributed by atoms with Crippen molar-refractivity contribution < 1.29 is 15.3 Å². The van der Waals surface area contributed by atoms with Gasteiger partial charge in [-0.05, 0) is 55.3 Å². The molecule has 0 bridgehead atoms. The molecule has 0 fully saturated rings. The van der Waals surface area contributed by atoms with E-state index in [9.17, 15) is 0 Å². The lowest BCUT2D eigenvalue weighted by Crippen LogP contribution is -2.15. The van der Waals surface area contributed by atoms with Crippen molar-refractivity contribution in [3.63, 3.8) is 0 Å². The highest BCUT2D eigenvalue weighted by Crippen LogP contribution is 1.77. The summed E-state index contributed by atoms with van der Waals surface area (Å²) in [6.45, 7) is 2.45. The van der Waals surface area contributed by atoms with Gasteiger partial charge in [0.05, 0.1) is 13.3 Å². The van der Waals surface area contributed by atoms with E-state index in [0.29, 0.717) is 6.61 Å². The van der Waals surface area contributed by atoms with Crippen LogP contribution >= 0.6 is 0 Å². The number of hydrogen-bond acceptors (Lipinski definition) is 6. The fraction of sp³-hybridized carbons (Fsp3) is 1.00. The van der Waals surface area contributed by atoms with Crippen LogP contribution in [0.3, 0.4) is 0 Å². The molecule has 0 amide bonds. The standard InChI is InChI=1S/C5H13NO.C4H11NO.C3H9NO/c1-6(2)4-3-5-7;1-5(2)3-4-6;1-4(2)3-5/h7H,3-5H2,1-2H3;6H,3-4H2,1-2H3;5H,3H2,1-2H3. The average molecular weight is 267 g/mol. The van der Waals surface area contributed by atoms with E-state index in [1.807, 2.05) is 33.1 Å². The molecule has 0 saturated heterocycles. The van der Waals surface area contributed by atoms with E-state index < -0.39 is 0 Å². The van der Waals surface area contributed by atoms with Crippen molar-refractivity contribution in [3.8, 4) is 0 Å². The first kappa shape index (κ1) is 22.9. The van der Waals surface area contributed by atoms with E-state index >= 15 is 0 Å². The third-order valence-electron chi connectivity index (χ3n) is 1.59. The molecule has 0 rings (SSSR count). The molecule has 114 valence electrons. The highest BCUT2D eigenvalue weighted by Gasteiger charge is 1.84. The maximum absolute atomic E-state index is 8.29. The molecule has 0 aliphatic heterocycles. The van der Waals surface area contributed by atoms with Crippen molar-refractivity contribution >= 4 is 0 Å². The van der Waals surface area contributed by atoms with Gasteiger partial charge in [0.25, 0.3) is 0 Å². The molecule has 0 aromatic carbocycles. The molecule has 0 aliphatic carbocycles. The largest absolute Gasteiger partial charge is 0.396 e. The average Bonchev–Trinajstić information content (AvgIpc) is 2.27. The minimum atomic E-state index is 0.139. The molecule has 0 saturated carbocycles. The lowest BCUT2D eigenvalue weighted by atomic mass is 10.4. The first-order chi connectivity index (χ1) is 8.31. The normalized spacial score (nSPS) is 10.0. The predicted octanol–water partition coefficient (Wildman–Crippen LogP) is -1.03. The first-order valence-corrected chi connectivity index (χ1v) is 6.08. The summed E-state index contributed by atoms with van der Waals surface area (Å²) in [6, 6.07) is 0. The fourth-order valence-corrected chi connectivity index (χ4v) is 0.587. The van der Waals surface area contributed by atoms with Gasteiger partial charge >= 0.3 is 0 Å². The zero-order chi connectivity index (χ0) is 15.0. The third kappa shape index (κ3) is 44.7. The van der Waals surface area contributed by atoms with Crippen LogP contribution in [-0.4, -0.2) is 105 Å². The van der Waals surface area contributed by atoms with Crippen LogP contribution in [-0.2, 0) is 0 Å². The Hall–Kier alpha value is -0.240. The summed E-state index contributed by atoms with van der Waals surface area (Å²) >= 11 is 0. The van der Waals surface area contributed by atoms with Gasteiger partial charge in [0.1, 0.15) is 0 Å². The van der Waals surface area contributed by atoms with Gasteiger partial charge in [-0.15, -0.1) is 0 Å². The number of likely N-dealkylation sites (N-methyl/N-ethyl adjacent to an activating group) is 1. The molecule has 6 heteroatoms. The van der Waals surface area contributed by atoms with Gasteiger partial charge in [0.2, 0.25) is 0 Å². The van der Waals surface area contributed by atoms with E-state index in [1.165, 1.54) is 0 Å². The molecule has 18 heavy (non-hydrogen) atoms. The lowest BCUT2D eigenvalue weighted by Gasteiger charge is -2.05. The minimum absolute atomic E-state index is 0.139. The molecular weight excluding hydrogens is 234 g/mol. The first-order valence-electron chi connectivity index (χ1n) is 6.08. The quantitative estimate of drug-likeness (QED) is 0.535. The Balaban J connectivity index is -0.000000190. The van der Waals surface area contributed by atoms with Crippen LogP contribution < -0.4 is 0 Å². The summed E-state index contributed by atoms with van der Waals surface area (Å²) in [6.07, 6.45) is 0.882. The Morgan fingerprint density at radius 2 is 1.00 bits per heavy atom. The van der Waals surface area contributed by atoms with Gasteiger partial charge in [-0.2, -0.15) is 0 Å². The minimum Gasteiger partial charge on any atom is -0.396 e. The van der Waals surface area contributed by atoms with Gasteiger partial charge in [-0.1, -0.05) is 0 Å². The summed E-state index contributed by atoms with van der Waals surface area (Å²) in [5.74, 6) is 0. The number of aliphatic hydroxyl groups excluding tert-OH is 3. The summed E-state index contributed by atoms with van der Waals surface area (Å²) in [5, 5.41) is 24.6. The van der Waals surface area contributed by atoms with Gasteiger partial charge in [0, 0.05) is 13.2 Å². The second kappa shape index (κ2) is 19.1. The predicted molar refractivity (Wildman–Crippen MR) is 76.7 cm³/mol. The smallest absolute Gasteiger partial charge is 0.0951 e. The van der Waals surface area contributed by atoms with Gasteiger partial charge < -0.3 is 25.1 Å². The van der Waals surface area contributed by atoms with Crippen molar-refractivity contribution in [1.82, 2.24) is 14.7 Å². The molecule has 0 spiro atoms. The Bertz CT molecular complexity index is 134. The number of hydrogen-bond donors (Lipinski definition) is 3. The van der Waals surface area contributed by atoms with Crippen LogP contribution in [0.5, 0.6) is 0 Å². The Labute approximate surface area is 112 Å². The molecule has 0 aromatic rings. The molecular formula is C12H33N3O3. The zero-order valence-electron chi connectivity index (χ0n) is 12.9. The Kier molecular flexibility index (Phi) is 24.3. The van der Waals surface area contributed by atoms with Crippen LogP contribution in [0.2, 0.25) is 0 Å². The van der Waals surface area contributed by atoms with Gasteiger partial charge in [0.15, 0.2) is 0 Å². The molecule has 0 radical (unpaired) electrons. The number of rotatable bonds is 6. The second-order valence-electron chi connectivity index (χ2n) is 4.63. The molecule has 0 unspecified atom stereocenters. The Morgan fingerprint density at radius 3 is 1.06 bits per heavy atom. The van der Waals surface area contributed by atoms with E-state index in [-0.39, 0.29) is 13.3 Å². The Morgan fingerprint density at radius 1 is 0.611 bits per heavy atom. The summed E-state index contributed by atoms with van der Waals surface area (Å²) in [5.41, 5.74) is 0. The van der Waals surface area contributed by atoms with Crippen molar-refractivity contribution in [2.45, 2.75) is 6.42 Å². The van der Waals surface area contributed by atoms with E-state index in [2.05, 4.69) is 4.90 Å². The highest BCUT2D eigenvalue weighted by atomic mass is 16.3. The molecule has 3 N–H and O–H groups in total. The lowest BCUT2D eigenvalue weighted by molar-refractivity contribution is 0.157. The molecule has 0 heterocycles. The highest BCUT2D eigenvalue weighted by molar-refractivity contribution is 4.39. The fourth-order valence-electron chi connectivity index (χ4n) is 0.587. The van der Waals surface area contributed by atoms with Gasteiger partial charge in [-0.25, -0.2) is 0 Å². The molecule has 0 aliphatic rings. The zero-order valence-corrected chi connectivity index (χ0v) is 12.9. The topological polar surface area (TPSA) is 70.4 Å². The van der Waals surface area contributed by atoms with E-state index in [4.69, 9.17) is 15.3 Å². The van der Waals surface area contributed by atoms with Crippen LogP contribution in [0.1, 0.15) is 6.42 Å².